The number of anilines is 1. The number of hydrogen-bond donors (Lipinski definition) is 1. The third kappa shape index (κ3) is 15.6. The van der Waals surface area contributed by atoms with Gasteiger partial charge < -0.3 is 28.3 Å². The van der Waals surface area contributed by atoms with Crippen LogP contribution in [0.25, 0.3) is 0 Å². The molecule has 0 fully saturated rings. The number of likely N-dealkylation sites (N-methyl/N-ethyl adjacent to an activating group) is 2. The van der Waals surface area contributed by atoms with Gasteiger partial charge in [0.15, 0.2) is 5.00 Å². The predicted molar refractivity (Wildman–Crippen MR) is 182 cm³/mol. The van der Waals surface area contributed by atoms with Gasteiger partial charge in [0.1, 0.15) is 23.6 Å². The van der Waals surface area contributed by atoms with E-state index in [1.165, 1.54) is 11.3 Å². The Morgan fingerprint density at radius 3 is 2.06 bits per heavy atom. The quantitative estimate of drug-likeness (QED) is 0.0671. The van der Waals surface area contributed by atoms with Gasteiger partial charge in [-0.25, -0.2) is 0 Å². The molecule has 0 unspecified atom stereocenters. The lowest BCUT2D eigenvalue weighted by atomic mass is 10.1. The lowest BCUT2D eigenvalue weighted by Crippen LogP contribution is -2.43. The molecule has 0 aliphatic carbocycles. The minimum atomic E-state index is -3.88. The molecule has 2 aromatic rings. The van der Waals surface area contributed by atoms with Crippen molar-refractivity contribution in [3.05, 3.63) is 39.8 Å². The summed E-state index contributed by atoms with van der Waals surface area (Å²) in [6.45, 7) is 13.0. The van der Waals surface area contributed by atoms with E-state index in [0.29, 0.717) is 90.5 Å². The number of unbranched alkanes of at least 4 members (excludes halogenated alkanes) is 1. The van der Waals surface area contributed by atoms with Gasteiger partial charge in [-0.2, -0.15) is 18.9 Å². The molecule has 0 saturated heterocycles. The second-order valence-electron chi connectivity index (χ2n) is 11.5. The van der Waals surface area contributed by atoms with E-state index in [2.05, 4.69) is 54.4 Å². The molecule has 0 aliphatic heterocycles. The normalized spacial score (nSPS) is 12.0. The first kappa shape index (κ1) is 40.2. The van der Waals surface area contributed by atoms with Crippen LogP contribution in [0.15, 0.2) is 28.4 Å². The highest BCUT2D eigenvalue weighted by atomic mass is 32.2. The zero-order chi connectivity index (χ0) is 34.7. The summed E-state index contributed by atoms with van der Waals surface area (Å²) < 4.78 is 53.7. The predicted octanol–water partition coefficient (Wildman–Crippen LogP) is 5.16. The van der Waals surface area contributed by atoms with Crippen molar-refractivity contribution in [1.82, 2.24) is 0 Å². The molecule has 2 rings (SSSR count). The van der Waals surface area contributed by atoms with Gasteiger partial charge in [-0.3, -0.25) is 4.55 Å². The number of ether oxygens (including phenoxy) is 4. The molecule has 0 atom stereocenters. The van der Waals surface area contributed by atoms with E-state index in [0.717, 1.165) is 43.9 Å². The van der Waals surface area contributed by atoms with Crippen molar-refractivity contribution in [1.29, 1.82) is 10.5 Å². The van der Waals surface area contributed by atoms with Crippen LogP contribution in [0, 0.1) is 36.5 Å². The summed E-state index contributed by atoms with van der Waals surface area (Å²) in [6, 6.07) is 10.2. The van der Waals surface area contributed by atoms with Crippen molar-refractivity contribution in [3.63, 3.8) is 0 Å². The minimum Gasteiger partial charge on any atom is -0.377 e. The lowest BCUT2D eigenvalue weighted by Gasteiger charge is -2.29. The fourth-order valence-corrected chi connectivity index (χ4v) is 5.95. The van der Waals surface area contributed by atoms with Gasteiger partial charge in [0.25, 0.3) is 10.1 Å². The Hall–Kier alpha value is -2.99. The molecule has 1 aromatic carbocycles. The number of rotatable bonds is 24. The van der Waals surface area contributed by atoms with Gasteiger partial charge in [0.2, 0.25) is 0 Å². The van der Waals surface area contributed by atoms with E-state index < -0.39 is 10.1 Å². The second-order valence-corrected chi connectivity index (χ2v) is 14.1. The summed E-state index contributed by atoms with van der Waals surface area (Å²) in [5.41, 5.74) is 3.74. The van der Waals surface area contributed by atoms with E-state index >= 15 is 0 Å². The molecule has 1 N–H and O–H groups in total. The molecule has 13 nitrogen and oxygen atoms in total. The largest absolute Gasteiger partial charge is 0.377 e. The number of benzene rings is 1. The van der Waals surface area contributed by atoms with Crippen molar-refractivity contribution >= 4 is 37.8 Å². The molecule has 0 spiro atoms. The first-order valence-corrected chi connectivity index (χ1v) is 18.1. The van der Waals surface area contributed by atoms with Crippen LogP contribution in [0.5, 0.6) is 0 Å². The van der Waals surface area contributed by atoms with Crippen LogP contribution >= 0.6 is 11.3 Å². The minimum absolute atomic E-state index is 0.195. The van der Waals surface area contributed by atoms with Crippen molar-refractivity contribution in [2.45, 2.75) is 33.6 Å². The average Bonchev–Trinajstić information content (AvgIpc) is 3.34. The Balaban J connectivity index is 1.55. The first-order chi connectivity index (χ1) is 22.4. The molecular formula is C32H49N6O7S2+. The number of quaternary nitrogens is 1. The van der Waals surface area contributed by atoms with E-state index in [4.69, 9.17) is 23.5 Å². The summed E-state index contributed by atoms with van der Waals surface area (Å²) in [5.74, 6) is -0.195. The first-order valence-electron chi connectivity index (χ1n) is 15.7. The van der Waals surface area contributed by atoms with Crippen molar-refractivity contribution < 1.29 is 36.4 Å². The molecule has 1 heterocycles. The van der Waals surface area contributed by atoms with Crippen LogP contribution in [0.4, 0.5) is 16.4 Å². The summed E-state index contributed by atoms with van der Waals surface area (Å²) in [7, 11) is 0.253. The molecule has 1 aromatic heterocycles. The average molecular weight is 694 g/mol. The Morgan fingerprint density at radius 1 is 0.894 bits per heavy atom. The molecular weight excluding hydrogens is 645 g/mol. The topological polar surface area (TPSA) is 167 Å². The number of thiophene rings is 1. The number of aryl methyl sites for hydroxylation is 1. The molecule has 0 amide bonds. The highest BCUT2D eigenvalue weighted by molar-refractivity contribution is 7.85. The molecule has 47 heavy (non-hydrogen) atoms. The molecule has 260 valence electrons. The van der Waals surface area contributed by atoms with Crippen LogP contribution in [0.3, 0.4) is 0 Å². The van der Waals surface area contributed by atoms with Crippen LogP contribution in [0.1, 0.15) is 41.3 Å². The second kappa shape index (κ2) is 21.1. The standard InChI is InChI=1S/C32H48N6O7S2/c1-6-37(28-9-10-30(26(2)23-28)35-36-32-29(24-33)27(3)31(25-34)46-32)11-14-42-16-18-44-20-21-45-19-17-43-15-13-38(4,5)12-7-8-22-47(39,40)41/h9-10,23H,6-8,11-22H2,1-5H3/p+1. The Labute approximate surface area is 283 Å². The summed E-state index contributed by atoms with van der Waals surface area (Å²) >= 11 is 1.17. The molecule has 0 saturated carbocycles. The highest BCUT2D eigenvalue weighted by Crippen LogP contribution is 2.36. The third-order valence-electron chi connectivity index (χ3n) is 7.40. The van der Waals surface area contributed by atoms with Crippen LogP contribution < -0.4 is 4.90 Å². The van der Waals surface area contributed by atoms with E-state index in [1.807, 2.05) is 19.1 Å². The van der Waals surface area contributed by atoms with Gasteiger partial charge in [0, 0.05) is 18.8 Å². The van der Waals surface area contributed by atoms with E-state index in [1.54, 1.807) is 6.92 Å². The Kier molecular flexibility index (Phi) is 18.0. The maximum absolute atomic E-state index is 10.8. The van der Waals surface area contributed by atoms with Gasteiger partial charge in [-0.05, 0) is 62.9 Å². The third-order valence-corrected chi connectivity index (χ3v) is 9.28. The van der Waals surface area contributed by atoms with Crippen molar-refractivity contribution in [2.24, 2.45) is 10.2 Å². The smallest absolute Gasteiger partial charge is 0.264 e. The highest BCUT2D eigenvalue weighted by Gasteiger charge is 2.16. The zero-order valence-corrected chi connectivity index (χ0v) is 29.9. The van der Waals surface area contributed by atoms with Crippen molar-refractivity contribution in [2.75, 3.05) is 104 Å². The fourth-order valence-electron chi connectivity index (χ4n) is 4.51. The van der Waals surface area contributed by atoms with Gasteiger partial charge in [-0.15, -0.1) is 21.6 Å². The SMILES string of the molecule is CCN(CCOCCOCCOCCOCC[N+](C)(C)CCCCS(=O)(=O)O)c1ccc(N=Nc2sc(C#N)c(C)c2C#N)c(C)c1. The maximum atomic E-state index is 10.8. The van der Waals surface area contributed by atoms with Crippen molar-refractivity contribution in [3.8, 4) is 12.1 Å². The number of nitriles is 2. The Bertz CT molecular complexity index is 1470. The number of nitrogens with zero attached hydrogens (tertiary/aromatic N) is 6. The summed E-state index contributed by atoms with van der Waals surface area (Å²) in [6.07, 6.45) is 1.17. The monoisotopic (exact) mass is 693 g/mol. The molecule has 0 aliphatic rings. The lowest BCUT2D eigenvalue weighted by molar-refractivity contribution is -0.890. The fraction of sp³-hybridized carbons (Fsp3) is 0.625. The molecule has 15 heteroatoms. The van der Waals surface area contributed by atoms with E-state index in [9.17, 15) is 18.9 Å². The van der Waals surface area contributed by atoms with Crippen LogP contribution in [0.2, 0.25) is 0 Å². The Morgan fingerprint density at radius 2 is 1.51 bits per heavy atom. The van der Waals surface area contributed by atoms with Gasteiger partial charge >= 0.3 is 0 Å². The molecule has 0 bridgehead atoms. The van der Waals surface area contributed by atoms with E-state index in [-0.39, 0.29) is 5.75 Å². The van der Waals surface area contributed by atoms with Crippen LogP contribution in [-0.4, -0.2) is 116 Å². The number of hydrogen-bond acceptors (Lipinski definition) is 12. The van der Waals surface area contributed by atoms with Crippen LogP contribution in [-0.2, 0) is 29.1 Å². The van der Waals surface area contributed by atoms with Gasteiger partial charge in [0.05, 0.1) is 90.5 Å². The number of azo groups is 1. The molecule has 0 radical (unpaired) electrons. The summed E-state index contributed by atoms with van der Waals surface area (Å²) in [4.78, 5) is 2.69. The van der Waals surface area contributed by atoms with Gasteiger partial charge in [-0.1, -0.05) is 0 Å². The zero-order valence-electron chi connectivity index (χ0n) is 28.2. The maximum Gasteiger partial charge on any atom is 0.264 e. The summed E-state index contributed by atoms with van der Waals surface area (Å²) in [5, 5.41) is 27.7.